The molecule has 2 aromatic rings. The van der Waals surface area contributed by atoms with E-state index in [9.17, 15) is 13.2 Å². The van der Waals surface area contributed by atoms with Crippen molar-refractivity contribution in [1.82, 2.24) is 4.31 Å². The maximum Gasteiger partial charge on any atom is 0.244 e. The number of hydrogen-bond acceptors (Lipinski definition) is 4. The first-order chi connectivity index (χ1) is 12.9. The number of sulfonamides is 1. The van der Waals surface area contributed by atoms with Gasteiger partial charge < -0.3 is 5.32 Å². The van der Waals surface area contributed by atoms with E-state index in [0.29, 0.717) is 17.4 Å². The van der Waals surface area contributed by atoms with Crippen molar-refractivity contribution in [3.8, 4) is 0 Å². The molecule has 3 rings (SSSR count). The van der Waals surface area contributed by atoms with Gasteiger partial charge in [-0.05, 0) is 42.2 Å². The summed E-state index contributed by atoms with van der Waals surface area (Å²) in [6.07, 6.45) is 0.997. The van der Waals surface area contributed by atoms with Crippen LogP contribution in [-0.2, 0) is 14.8 Å². The largest absolute Gasteiger partial charge is 0.325 e. The monoisotopic (exact) mass is 404 g/mol. The predicted molar refractivity (Wildman–Crippen MR) is 110 cm³/mol. The number of carbonyl (C=O) groups is 1. The van der Waals surface area contributed by atoms with Crippen LogP contribution in [0.5, 0.6) is 0 Å². The van der Waals surface area contributed by atoms with Crippen LogP contribution in [0.15, 0.2) is 59.5 Å². The second kappa shape index (κ2) is 8.46. The van der Waals surface area contributed by atoms with Gasteiger partial charge in [-0.1, -0.05) is 44.2 Å². The molecule has 0 spiro atoms. The number of benzene rings is 2. The van der Waals surface area contributed by atoms with Crippen LogP contribution in [0.3, 0.4) is 0 Å². The highest BCUT2D eigenvalue weighted by Gasteiger charge is 2.40. The molecule has 2 unspecified atom stereocenters. The molecule has 1 heterocycles. The van der Waals surface area contributed by atoms with Gasteiger partial charge in [-0.2, -0.15) is 4.31 Å². The van der Waals surface area contributed by atoms with Gasteiger partial charge in [-0.15, -0.1) is 11.8 Å². The second-order valence-corrected chi connectivity index (χ2v) is 9.53. The molecule has 1 aliphatic heterocycles. The maximum atomic E-state index is 13.1. The van der Waals surface area contributed by atoms with Crippen LogP contribution in [0.2, 0.25) is 0 Å². The second-order valence-electron chi connectivity index (χ2n) is 6.64. The number of amides is 1. The van der Waals surface area contributed by atoms with Gasteiger partial charge in [0.05, 0.1) is 10.8 Å². The van der Waals surface area contributed by atoms with E-state index >= 15 is 0 Å². The molecule has 0 saturated carbocycles. The quantitative estimate of drug-likeness (QED) is 0.793. The third-order valence-electron chi connectivity index (χ3n) is 4.85. The Morgan fingerprint density at radius 1 is 1.19 bits per heavy atom. The normalized spacial score (nSPS) is 19.0. The fraction of sp³-hybridized carbons (Fsp3) is 0.350. The molecule has 1 aliphatic rings. The van der Waals surface area contributed by atoms with Gasteiger partial charge >= 0.3 is 0 Å². The molecule has 144 valence electrons. The van der Waals surface area contributed by atoms with Gasteiger partial charge in [-0.25, -0.2) is 8.42 Å². The number of nitrogens with one attached hydrogen (secondary N) is 1. The summed E-state index contributed by atoms with van der Waals surface area (Å²) < 4.78 is 27.5. The first-order valence-corrected chi connectivity index (χ1v) is 11.6. The number of thioether (sulfide) groups is 1. The summed E-state index contributed by atoms with van der Waals surface area (Å²) in [4.78, 5) is 12.9. The molecule has 5 nitrogen and oxygen atoms in total. The summed E-state index contributed by atoms with van der Waals surface area (Å²) in [5.74, 6) is 0.810. The zero-order valence-electron chi connectivity index (χ0n) is 15.5. The van der Waals surface area contributed by atoms with E-state index in [4.69, 9.17) is 0 Å². The highest BCUT2D eigenvalue weighted by molar-refractivity contribution is 8.00. The number of rotatable bonds is 6. The molecule has 7 heteroatoms. The van der Waals surface area contributed by atoms with Crippen molar-refractivity contribution in [1.29, 1.82) is 0 Å². The van der Waals surface area contributed by atoms with Crippen molar-refractivity contribution in [3.05, 3.63) is 60.2 Å². The van der Waals surface area contributed by atoms with E-state index in [1.54, 1.807) is 24.3 Å². The fourth-order valence-electron chi connectivity index (χ4n) is 2.96. The van der Waals surface area contributed by atoms with Crippen LogP contribution >= 0.6 is 11.8 Å². The number of anilines is 1. The van der Waals surface area contributed by atoms with Gasteiger partial charge in [0.15, 0.2) is 0 Å². The lowest BCUT2D eigenvalue weighted by atomic mass is 9.99. The third-order valence-corrected chi connectivity index (χ3v) is 7.90. The highest BCUT2D eigenvalue weighted by atomic mass is 32.2. The zero-order valence-corrected chi connectivity index (χ0v) is 17.1. The molecule has 1 saturated heterocycles. The summed E-state index contributed by atoms with van der Waals surface area (Å²) >= 11 is 1.45. The molecule has 2 aromatic carbocycles. The van der Waals surface area contributed by atoms with Crippen LogP contribution in [0.4, 0.5) is 5.69 Å². The summed E-state index contributed by atoms with van der Waals surface area (Å²) in [7, 11) is -3.72. The lowest BCUT2D eigenvalue weighted by Crippen LogP contribution is -2.44. The summed E-state index contributed by atoms with van der Waals surface area (Å²) in [5, 5.41) is 2.81. The smallest absolute Gasteiger partial charge is 0.244 e. The van der Waals surface area contributed by atoms with Crippen molar-refractivity contribution in [2.45, 2.75) is 37.1 Å². The molecule has 1 N–H and O–H groups in total. The van der Waals surface area contributed by atoms with Crippen LogP contribution in [0, 0.1) is 0 Å². The number of carbonyl (C=O) groups excluding carboxylic acids is 1. The molecule has 0 aliphatic carbocycles. The molecule has 0 radical (unpaired) electrons. The number of hydrogen-bond donors (Lipinski definition) is 1. The summed E-state index contributed by atoms with van der Waals surface area (Å²) in [6.45, 7) is 4.22. The van der Waals surface area contributed by atoms with Crippen LogP contribution in [0.1, 0.15) is 31.7 Å². The molecule has 1 amide bonds. The third kappa shape index (κ3) is 4.36. The van der Waals surface area contributed by atoms with E-state index in [2.05, 4.69) is 19.2 Å². The van der Waals surface area contributed by atoms with Crippen LogP contribution in [0.25, 0.3) is 0 Å². The van der Waals surface area contributed by atoms with E-state index in [0.717, 1.165) is 12.0 Å². The maximum absolute atomic E-state index is 13.1. The minimum Gasteiger partial charge on any atom is -0.325 e. The molecular formula is C20H24N2O3S2. The highest BCUT2D eigenvalue weighted by Crippen LogP contribution is 2.30. The summed E-state index contributed by atoms with van der Waals surface area (Å²) in [5.41, 5.74) is 1.78. The van der Waals surface area contributed by atoms with Crippen molar-refractivity contribution >= 4 is 33.4 Å². The number of para-hydroxylation sites is 1. The minimum atomic E-state index is -3.72. The van der Waals surface area contributed by atoms with E-state index in [1.165, 1.54) is 16.1 Å². The Bertz CT molecular complexity index is 883. The Kier molecular flexibility index (Phi) is 6.24. The van der Waals surface area contributed by atoms with Crippen molar-refractivity contribution in [2.24, 2.45) is 0 Å². The van der Waals surface area contributed by atoms with Gasteiger partial charge in [0, 0.05) is 11.4 Å². The van der Waals surface area contributed by atoms with Crippen molar-refractivity contribution < 1.29 is 13.2 Å². The van der Waals surface area contributed by atoms with Gasteiger partial charge in [0.1, 0.15) is 6.04 Å². The first kappa shape index (κ1) is 19.9. The summed E-state index contributed by atoms with van der Waals surface area (Å²) in [6, 6.07) is 15.4. The SMILES string of the molecule is CCC(C)c1ccc(S(=O)(=O)N2CSCC2C(=O)Nc2ccccc2)cc1. The molecular weight excluding hydrogens is 380 g/mol. The Balaban J connectivity index is 1.79. The van der Waals surface area contributed by atoms with Crippen LogP contribution < -0.4 is 5.32 Å². The fourth-order valence-corrected chi connectivity index (χ4v) is 6.11. The van der Waals surface area contributed by atoms with Gasteiger partial charge in [0.25, 0.3) is 0 Å². The Labute approximate surface area is 165 Å². The average molecular weight is 405 g/mol. The molecule has 1 fully saturated rings. The Morgan fingerprint density at radius 3 is 2.48 bits per heavy atom. The zero-order chi connectivity index (χ0) is 19.4. The lowest BCUT2D eigenvalue weighted by Gasteiger charge is -2.23. The Hall–Kier alpha value is -1.83. The molecule has 0 bridgehead atoms. The van der Waals surface area contributed by atoms with E-state index in [1.807, 2.05) is 30.3 Å². The van der Waals surface area contributed by atoms with Crippen molar-refractivity contribution in [3.63, 3.8) is 0 Å². The molecule has 27 heavy (non-hydrogen) atoms. The standard InChI is InChI=1S/C20H24N2O3S2/c1-3-15(2)16-9-11-18(12-10-16)27(24,25)22-14-26-13-19(22)20(23)21-17-7-5-4-6-8-17/h4-12,15,19H,3,13-14H2,1-2H3,(H,21,23). The lowest BCUT2D eigenvalue weighted by molar-refractivity contribution is -0.118. The number of nitrogens with zero attached hydrogens (tertiary/aromatic N) is 1. The average Bonchev–Trinajstić information content (AvgIpc) is 3.19. The van der Waals surface area contributed by atoms with E-state index in [-0.39, 0.29) is 16.7 Å². The van der Waals surface area contributed by atoms with Crippen molar-refractivity contribution in [2.75, 3.05) is 16.9 Å². The van der Waals surface area contributed by atoms with E-state index < -0.39 is 16.1 Å². The first-order valence-electron chi connectivity index (χ1n) is 8.99. The van der Waals surface area contributed by atoms with Gasteiger partial charge in [-0.3, -0.25) is 4.79 Å². The van der Waals surface area contributed by atoms with Gasteiger partial charge in [0.2, 0.25) is 15.9 Å². The van der Waals surface area contributed by atoms with Crippen LogP contribution in [-0.4, -0.2) is 36.3 Å². The molecule has 2 atom stereocenters. The topological polar surface area (TPSA) is 66.5 Å². The minimum absolute atomic E-state index is 0.231. The Morgan fingerprint density at radius 2 is 1.85 bits per heavy atom. The molecule has 0 aromatic heterocycles. The predicted octanol–water partition coefficient (Wildman–Crippen LogP) is 3.90.